The third-order valence-electron chi connectivity index (χ3n) is 5.04. The quantitative estimate of drug-likeness (QED) is 0.403. The molecule has 9 nitrogen and oxygen atoms in total. The van der Waals surface area contributed by atoms with Crippen LogP contribution in [0.5, 0.6) is 0 Å². The molecule has 1 amide bonds. The van der Waals surface area contributed by atoms with E-state index in [-0.39, 0.29) is 24.7 Å². The lowest BCUT2D eigenvalue weighted by molar-refractivity contribution is -0.268. The van der Waals surface area contributed by atoms with Crippen molar-refractivity contribution in [2.75, 3.05) is 19.1 Å². The van der Waals surface area contributed by atoms with E-state index >= 15 is 0 Å². The molecule has 0 bridgehead atoms. The molecule has 0 aromatic heterocycles. The number of hydrogen-bond acceptors (Lipinski definition) is 8. The van der Waals surface area contributed by atoms with Gasteiger partial charge in [-0.25, -0.2) is 9.59 Å². The van der Waals surface area contributed by atoms with Crippen LogP contribution in [0.4, 0.5) is 0 Å². The molecule has 2 aromatic carbocycles. The molecule has 5 atom stereocenters. The first-order valence-corrected chi connectivity index (χ1v) is 11.2. The molecular weight excluding hydrogens is 466 g/mol. The number of benzene rings is 2. The van der Waals surface area contributed by atoms with Gasteiger partial charge in [0.1, 0.15) is 24.9 Å². The minimum atomic E-state index is -1.44. The maximum Gasteiger partial charge on any atom is 0.338 e. The van der Waals surface area contributed by atoms with Crippen LogP contribution < -0.4 is 5.32 Å². The Balaban J connectivity index is 1.80. The standard InChI is InChI=1S/C24H26ClNO8/c1-15(27)26-19-21(34-23(30)17-10-6-3-7-11-17)20(28)18(33-24(19)31-13-12-25)14-32-22(29)16-8-4-2-5-9-16/h2-11,18-21,24,28H,12-14H2,1H3,(H,26,27)/t18-,19-,20-,21-,24+/m1/s1. The lowest BCUT2D eigenvalue weighted by Crippen LogP contribution is -2.65. The lowest BCUT2D eigenvalue weighted by Gasteiger charge is -2.43. The number of alkyl halides is 1. The average molecular weight is 492 g/mol. The number of hydrogen-bond donors (Lipinski definition) is 2. The van der Waals surface area contributed by atoms with E-state index < -0.39 is 48.5 Å². The zero-order valence-corrected chi connectivity index (χ0v) is 19.2. The number of rotatable bonds is 9. The molecule has 0 unspecified atom stereocenters. The molecule has 1 aliphatic heterocycles. The molecule has 0 aliphatic carbocycles. The Labute approximate surface area is 201 Å². The van der Waals surface area contributed by atoms with E-state index in [1.165, 1.54) is 6.92 Å². The SMILES string of the molecule is CC(=O)N[C@H]1[C@@H](OCCCl)O[C@H](COC(=O)c2ccccc2)[C@@H](O)[C@@H]1OC(=O)c1ccccc1. The molecule has 1 heterocycles. The van der Waals surface area contributed by atoms with Crippen molar-refractivity contribution in [3.8, 4) is 0 Å². The summed E-state index contributed by atoms with van der Waals surface area (Å²) in [6.07, 6.45) is -4.93. The summed E-state index contributed by atoms with van der Waals surface area (Å²) in [5, 5.41) is 13.6. The van der Waals surface area contributed by atoms with Crippen LogP contribution in [-0.4, -0.2) is 72.7 Å². The van der Waals surface area contributed by atoms with Crippen LogP contribution in [0.25, 0.3) is 0 Å². The van der Waals surface area contributed by atoms with E-state index in [9.17, 15) is 19.5 Å². The third-order valence-corrected chi connectivity index (χ3v) is 5.20. The summed E-state index contributed by atoms with van der Waals surface area (Å²) >= 11 is 5.74. The zero-order chi connectivity index (χ0) is 24.5. The highest BCUT2D eigenvalue weighted by Crippen LogP contribution is 2.26. The van der Waals surface area contributed by atoms with Gasteiger partial charge in [-0.15, -0.1) is 11.6 Å². The van der Waals surface area contributed by atoms with Crippen LogP contribution >= 0.6 is 11.6 Å². The molecule has 3 rings (SSSR count). The van der Waals surface area contributed by atoms with Gasteiger partial charge in [-0.1, -0.05) is 36.4 Å². The second-order valence-electron chi connectivity index (χ2n) is 7.52. The molecular formula is C24H26ClNO8. The van der Waals surface area contributed by atoms with Crippen LogP contribution in [0.2, 0.25) is 0 Å². The smallest absolute Gasteiger partial charge is 0.338 e. The predicted octanol–water partition coefficient (Wildman–Crippen LogP) is 1.91. The number of carbonyl (C=O) groups is 3. The average Bonchev–Trinajstić information content (AvgIpc) is 2.85. The van der Waals surface area contributed by atoms with Gasteiger partial charge in [0.05, 0.1) is 17.7 Å². The molecule has 0 saturated carbocycles. The molecule has 0 spiro atoms. The topological polar surface area (TPSA) is 120 Å². The van der Waals surface area contributed by atoms with Gasteiger partial charge >= 0.3 is 11.9 Å². The fourth-order valence-electron chi connectivity index (χ4n) is 3.47. The summed E-state index contributed by atoms with van der Waals surface area (Å²) < 4.78 is 22.3. The van der Waals surface area contributed by atoms with E-state index in [2.05, 4.69) is 5.32 Å². The zero-order valence-electron chi connectivity index (χ0n) is 18.5. The van der Waals surface area contributed by atoms with Crippen molar-refractivity contribution in [1.29, 1.82) is 0 Å². The van der Waals surface area contributed by atoms with Crippen molar-refractivity contribution in [2.24, 2.45) is 0 Å². The first kappa shape index (κ1) is 25.6. The van der Waals surface area contributed by atoms with Crippen LogP contribution in [0, 0.1) is 0 Å². The van der Waals surface area contributed by atoms with Crippen molar-refractivity contribution in [2.45, 2.75) is 37.6 Å². The largest absolute Gasteiger partial charge is 0.459 e. The first-order valence-electron chi connectivity index (χ1n) is 10.7. The van der Waals surface area contributed by atoms with Crippen molar-refractivity contribution >= 4 is 29.4 Å². The second kappa shape index (κ2) is 12.5. The second-order valence-corrected chi connectivity index (χ2v) is 7.90. The highest BCUT2D eigenvalue weighted by molar-refractivity contribution is 6.17. The number of amides is 1. The minimum Gasteiger partial charge on any atom is -0.459 e. The number of halogens is 1. The van der Waals surface area contributed by atoms with Crippen LogP contribution in [-0.2, 0) is 23.7 Å². The number of esters is 2. The lowest BCUT2D eigenvalue weighted by atomic mass is 9.96. The summed E-state index contributed by atoms with van der Waals surface area (Å²) in [5.41, 5.74) is 0.582. The van der Waals surface area contributed by atoms with Gasteiger partial charge in [-0.2, -0.15) is 0 Å². The minimum absolute atomic E-state index is 0.0638. The highest BCUT2D eigenvalue weighted by Gasteiger charge is 2.49. The third kappa shape index (κ3) is 6.77. The van der Waals surface area contributed by atoms with Crippen LogP contribution in [0.1, 0.15) is 27.6 Å². The van der Waals surface area contributed by atoms with Crippen molar-refractivity contribution in [3.05, 3.63) is 71.8 Å². The molecule has 0 radical (unpaired) electrons. The van der Waals surface area contributed by atoms with E-state index in [1.54, 1.807) is 60.7 Å². The van der Waals surface area contributed by atoms with Gasteiger partial charge in [0.2, 0.25) is 5.91 Å². The Hall–Kier alpha value is -2.98. The molecule has 1 fully saturated rings. The van der Waals surface area contributed by atoms with Gasteiger partial charge < -0.3 is 29.4 Å². The molecule has 10 heteroatoms. The fourth-order valence-corrected chi connectivity index (χ4v) is 3.56. The van der Waals surface area contributed by atoms with E-state index in [0.29, 0.717) is 5.56 Å². The van der Waals surface area contributed by atoms with Gasteiger partial charge in [0.15, 0.2) is 12.4 Å². The number of nitrogens with one attached hydrogen (secondary N) is 1. The van der Waals surface area contributed by atoms with Crippen LogP contribution in [0.3, 0.4) is 0 Å². The Morgan fingerprint density at radius 3 is 2.15 bits per heavy atom. The van der Waals surface area contributed by atoms with E-state index in [4.69, 9.17) is 30.5 Å². The van der Waals surface area contributed by atoms with Gasteiger partial charge in [-0.05, 0) is 24.3 Å². The van der Waals surface area contributed by atoms with Gasteiger partial charge in [0.25, 0.3) is 0 Å². The molecule has 2 N–H and O–H groups in total. The molecule has 1 aliphatic rings. The summed E-state index contributed by atoms with van der Waals surface area (Å²) in [6.45, 7) is 0.991. The summed E-state index contributed by atoms with van der Waals surface area (Å²) in [7, 11) is 0. The summed E-state index contributed by atoms with van der Waals surface area (Å²) in [5.74, 6) is -1.64. The number of aliphatic hydroxyl groups excluding tert-OH is 1. The normalized spacial score (nSPS) is 24.1. The van der Waals surface area contributed by atoms with Crippen molar-refractivity contribution in [3.63, 3.8) is 0 Å². The molecule has 182 valence electrons. The summed E-state index contributed by atoms with van der Waals surface area (Å²) in [4.78, 5) is 36.9. The van der Waals surface area contributed by atoms with Gasteiger partial charge in [0, 0.05) is 12.8 Å². The molecule has 34 heavy (non-hydrogen) atoms. The number of carbonyl (C=O) groups excluding carboxylic acids is 3. The molecule has 2 aromatic rings. The molecule has 1 saturated heterocycles. The van der Waals surface area contributed by atoms with Crippen molar-refractivity contribution < 1.29 is 38.4 Å². The highest BCUT2D eigenvalue weighted by atomic mass is 35.5. The number of ether oxygens (including phenoxy) is 4. The van der Waals surface area contributed by atoms with Gasteiger partial charge in [-0.3, -0.25) is 4.79 Å². The number of aliphatic hydroxyl groups is 1. The Kier molecular flexibility index (Phi) is 9.41. The Bertz CT molecular complexity index is 958. The maximum absolute atomic E-state index is 12.7. The van der Waals surface area contributed by atoms with Crippen LogP contribution in [0.15, 0.2) is 60.7 Å². The Morgan fingerprint density at radius 1 is 1.00 bits per heavy atom. The van der Waals surface area contributed by atoms with E-state index in [0.717, 1.165) is 0 Å². The Morgan fingerprint density at radius 2 is 1.59 bits per heavy atom. The maximum atomic E-state index is 12.7. The summed E-state index contributed by atoms with van der Waals surface area (Å²) in [6, 6.07) is 15.5. The first-order chi connectivity index (χ1) is 16.4. The van der Waals surface area contributed by atoms with Crippen molar-refractivity contribution in [1.82, 2.24) is 5.32 Å². The monoisotopic (exact) mass is 491 g/mol. The fraction of sp³-hybridized carbons (Fsp3) is 0.375. The van der Waals surface area contributed by atoms with E-state index in [1.807, 2.05) is 0 Å². The predicted molar refractivity (Wildman–Crippen MR) is 121 cm³/mol.